The lowest BCUT2D eigenvalue weighted by atomic mass is 10.1. The number of aryl methyl sites for hydroxylation is 1. The Morgan fingerprint density at radius 2 is 2.17 bits per heavy atom. The number of rotatable bonds is 3. The predicted octanol–water partition coefficient (Wildman–Crippen LogP) is 2.92. The largest absolute Gasteiger partial charge is 0.366 e. The summed E-state index contributed by atoms with van der Waals surface area (Å²) < 4.78 is 0. The second kappa shape index (κ2) is 5.48. The highest BCUT2D eigenvalue weighted by atomic mass is 35.5. The Kier molecular flexibility index (Phi) is 3.75. The molecule has 1 heterocycles. The van der Waals surface area contributed by atoms with Crippen molar-refractivity contribution in [3.8, 4) is 6.07 Å². The minimum atomic E-state index is 0.413. The number of nitriles is 1. The van der Waals surface area contributed by atoms with Gasteiger partial charge < -0.3 is 5.32 Å². The number of anilines is 1. The fourth-order valence-corrected chi connectivity index (χ4v) is 1.79. The molecule has 2 rings (SSSR count). The summed E-state index contributed by atoms with van der Waals surface area (Å²) in [7, 11) is 0. The number of aromatic nitrogens is 2. The van der Waals surface area contributed by atoms with Crippen LogP contribution >= 0.6 is 11.6 Å². The first-order valence-corrected chi connectivity index (χ1v) is 5.79. The van der Waals surface area contributed by atoms with E-state index in [0.717, 1.165) is 5.56 Å². The highest BCUT2D eigenvalue weighted by Crippen LogP contribution is 2.12. The lowest BCUT2D eigenvalue weighted by Gasteiger charge is -2.06. The first-order chi connectivity index (χ1) is 8.67. The summed E-state index contributed by atoms with van der Waals surface area (Å²) in [4.78, 5) is 8.21. The van der Waals surface area contributed by atoms with Crippen LogP contribution in [0.5, 0.6) is 0 Å². The predicted molar refractivity (Wildman–Crippen MR) is 70.3 cm³/mol. The lowest BCUT2D eigenvalue weighted by Crippen LogP contribution is -2.03. The van der Waals surface area contributed by atoms with Crippen LogP contribution < -0.4 is 5.32 Å². The van der Waals surface area contributed by atoms with Gasteiger partial charge in [-0.3, -0.25) is 0 Å². The molecule has 2 aromatic rings. The van der Waals surface area contributed by atoms with Crippen LogP contribution in [0, 0.1) is 18.3 Å². The molecule has 0 atom stereocenters. The van der Waals surface area contributed by atoms with Crippen LogP contribution in [0.3, 0.4) is 0 Å². The second-order valence-electron chi connectivity index (χ2n) is 3.79. The zero-order valence-corrected chi connectivity index (χ0v) is 10.6. The van der Waals surface area contributed by atoms with Gasteiger partial charge in [-0.2, -0.15) is 5.26 Å². The van der Waals surface area contributed by atoms with Gasteiger partial charge in [-0.15, -0.1) is 0 Å². The normalized spacial score (nSPS) is 9.83. The van der Waals surface area contributed by atoms with Crippen LogP contribution in [0.15, 0.2) is 30.3 Å². The van der Waals surface area contributed by atoms with Crippen molar-refractivity contribution in [3.05, 3.63) is 52.4 Å². The van der Waals surface area contributed by atoms with E-state index in [2.05, 4.69) is 21.4 Å². The van der Waals surface area contributed by atoms with Gasteiger partial charge in [0.1, 0.15) is 16.8 Å². The molecule has 0 amide bonds. The first-order valence-electron chi connectivity index (χ1n) is 5.41. The molecule has 0 aliphatic carbocycles. The third-order valence-corrected chi connectivity index (χ3v) is 2.53. The summed E-state index contributed by atoms with van der Waals surface area (Å²) in [5.41, 5.74) is 1.66. The monoisotopic (exact) mass is 258 g/mol. The van der Waals surface area contributed by atoms with Crippen LogP contribution in [0.4, 0.5) is 5.82 Å². The molecular formula is C13H11ClN4. The maximum Gasteiger partial charge on any atom is 0.134 e. The van der Waals surface area contributed by atoms with E-state index >= 15 is 0 Å². The van der Waals surface area contributed by atoms with E-state index in [0.29, 0.717) is 28.9 Å². The lowest BCUT2D eigenvalue weighted by molar-refractivity contribution is 1.02. The van der Waals surface area contributed by atoms with Gasteiger partial charge in [0.15, 0.2) is 0 Å². The van der Waals surface area contributed by atoms with E-state index < -0.39 is 0 Å². The minimum Gasteiger partial charge on any atom is -0.366 e. The van der Waals surface area contributed by atoms with Crippen molar-refractivity contribution in [3.63, 3.8) is 0 Å². The number of halogens is 1. The molecule has 4 nitrogen and oxygen atoms in total. The zero-order chi connectivity index (χ0) is 13.0. The van der Waals surface area contributed by atoms with E-state index in [4.69, 9.17) is 16.9 Å². The van der Waals surface area contributed by atoms with E-state index in [1.54, 1.807) is 19.1 Å². The quantitative estimate of drug-likeness (QED) is 0.860. The molecule has 0 spiro atoms. The number of nitrogens with one attached hydrogen (secondary N) is 1. The van der Waals surface area contributed by atoms with Crippen LogP contribution in [-0.2, 0) is 6.54 Å². The Bertz CT molecular complexity index is 584. The van der Waals surface area contributed by atoms with Gasteiger partial charge in [-0.25, -0.2) is 9.97 Å². The molecule has 0 radical (unpaired) electrons. The van der Waals surface area contributed by atoms with Crippen molar-refractivity contribution in [2.24, 2.45) is 0 Å². The van der Waals surface area contributed by atoms with Gasteiger partial charge in [0.05, 0.1) is 11.6 Å². The molecule has 0 saturated carbocycles. The molecular weight excluding hydrogens is 248 g/mol. The highest BCUT2D eigenvalue weighted by molar-refractivity contribution is 6.29. The van der Waals surface area contributed by atoms with Gasteiger partial charge in [-0.05, 0) is 24.6 Å². The third kappa shape index (κ3) is 3.19. The fourth-order valence-electron chi connectivity index (χ4n) is 1.57. The summed E-state index contributed by atoms with van der Waals surface area (Å²) in [6, 6.07) is 11.2. The van der Waals surface area contributed by atoms with Crippen molar-refractivity contribution >= 4 is 17.4 Å². The molecule has 0 fully saturated rings. The molecule has 18 heavy (non-hydrogen) atoms. The molecule has 1 N–H and O–H groups in total. The Morgan fingerprint density at radius 3 is 2.89 bits per heavy atom. The Hall–Kier alpha value is -2.12. The molecule has 1 aromatic heterocycles. The third-order valence-electron chi connectivity index (χ3n) is 2.34. The maximum absolute atomic E-state index is 8.81. The average molecular weight is 259 g/mol. The molecule has 0 unspecified atom stereocenters. The van der Waals surface area contributed by atoms with Gasteiger partial charge in [0.2, 0.25) is 0 Å². The van der Waals surface area contributed by atoms with Crippen LogP contribution in [0.2, 0.25) is 5.15 Å². The summed E-state index contributed by atoms with van der Waals surface area (Å²) in [6.45, 7) is 2.37. The summed E-state index contributed by atoms with van der Waals surface area (Å²) in [6.07, 6.45) is 0. The van der Waals surface area contributed by atoms with Crippen molar-refractivity contribution in [1.29, 1.82) is 5.26 Å². The van der Waals surface area contributed by atoms with Crippen molar-refractivity contribution in [2.75, 3.05) is 5.32 Å². The summed E-state index contributed by atoms with van der Waals surface area (Å²) >= 11 is 5.85. The van der Waals surface area contributed by atoms with E-state index in [1.165, 1.54) is 0 Å². The minimum absolute atomic E-state index is 0.413. The zero-order valence-electron chi connectivity index (χ0n) is 9.81. The molecule has 5 heteroatoms. The van der Waals surface area contributed by atoms with E-state index in [1.807, 2.05) is 18.2 Å². The molecule has 1 aromatic carbocycles. The second-order valence-corrected chi connectivity index (χ2v) is 4.18. The molecule has 0 aliphatic heterocycles. The van der Waals surface area contributed by atoms with Crippen LogP contribution in [0.25, 0.3) is 0 Å². The molecule has 0 aliphatic rings. The number of benzene rings is 1. The standard InChI is InChI=1S/C13H11ClN4/c1-9-17-12(14)6-13(18-9)16-8-11-4-2-3-10(5-11)7-15/h2-6H,8H2,1H3,(H,16,17,18). The van der Waals surface area contributed by atoms with E-state index in [-0.39, 0.29) is 0 Å². The van der Waals surface area contributed by atoms with E-state index in [9.17, 15) is 0 Å². The van der Waals surface area contributed by atoms with Gasteiger partial charge >= 0.3 is 0 Å². The Morgan fingerprint density at radius 1 is 1.33 bits per heavy atom. The topological polar surface area (TPSA) is 61.6 Å². The van der Waals surface area contributed by atoms with Crippen molar-refractivity contribution in [1.82, 2.24) is 9.97 Å². The molecule has 0 bridgehead atoms. The molecule has 90 valence electrons. The fraction of sp³-hybridized carbons (Fsp3) is 0.154. The molecule has 0 saturated heterocycles. The van der Waals surface area contributed by atoms with Crippen LogP contribution in [-0.4, -0.2) is 9.97 Å². The van der Waals surface area contributed by atoms with Crippen molar-refractivity contribution < 1.29 is 0 Å². The number of nitrogens with zero attached hydrogens (tertiary/aromatic N) is 3. The van der Waals surface area contributed by atoms with Gasteiger partial charge in [0, 0.05) is 12.6 Å². The Balaban J connectivity index is 2.09. The average Bonchev–Trinajstić information content (AvgIpc) is 2.35. The summed E-state index contributed by atoms with van der Waals surface area (Å²) in [5.74, 6) is 1.30. The highest BCUT2D eigenvalue weighted by Gasteiger charge is 2.00. The van der Waals surface area contributed by atoms with Crippen molar-refractivity contribution in [2.45, 2.75) is 13.5 Å². The van der Waals surface area contributed by atoms with Gasteiger partial charge in [-0.1, -0.05) is 23.7 Å². The first kappa shape index (κ1) is 12.3. The Labute approximate surface area is 110 Å². The van der Waals surface area contributed by atoms with Gasteiger partial charge in [0.25, 0.3) is 0 Å². The van der Waals surface area contributed by atoms with Crippen LogP contribution in [0.1, 0.15) is 17.0 Å². The smallest absolute Gasteiger partial charge is 0.134 e. The number of hydrogen-bond acceptors (Lipinski definition) is 4. The SMILES string of the molecule is Cc1nc(Cl)cc(NCc2cccc(C#N)c2)n1. The summed E-state index contributed by atoms with van der Waals surface area (Å²) in [5, 5.41) is 12.4. The number of hydrogen-bond donors (Lipinski definition) is 1. The maximum atomic E-state index is 8.81.